The van der Waals surface area contributed by atoms with Crippen LogP contribution in [0.5, 0.6) is 0 Å². The second kappa shape index (κ2) is 9.26. The van der Waals surface area contributed by atoms with E-state index in [-0.39, 0.29) is 0 Å². The third kappa shape index (κ3) is 5.36. The molecule has 0 radical (unpaired) electrons. The average Bonchev–Trinajstić information content (AvgIpc) is 2.71. The summed E-state index contributed by atoms with van der Waals surface area (Å²) in [7, 11) is 0. The van der Waals surface area contributed by atoms with Gasteiger partial charge in [-0.15, -0.1) is 0 Å². The van der Waals surface area contributed by atoms with Crippen molar-refractivity contribution in [3.63, 3.8) is 0 Å². The lowest BCUT2D eigenvalue weighted by Crippen LogP contribution is -2.34. The number of nitrogens with zero attached hydrogens (tertiary/aromatic N) is 2. The summed E-state index contributed by atoms with van der Waals surface area (Å²) >= 11 is 0. The number of aryl methyl sites for hydroxylation is 2. The number of aromatic nitrogens is 2. The Morgan fingerprint density at radius 3 is 2.37 bits per heavy atom. The maximum absolute atomic E-state index is 10.5. The second-order valence-corrected chi connectivity index (χ2v) is 6.70. The van der Waals surface area contributed by atoms with Gasteiger partial charge in [0.1, 0.15) is 6.10 Å². The topological polar surface area (TPSA) is 78.3 Å². The predicted octanol–water partition coefficient (Wildman–Crippen LogP) is 3.16. The lowest BCUT2D eigenvalue weighted by Gasteiger charge is -2.27. The molecule has 1 aromatic carbocycles. The van der Waals surface area contributed by atoms with Crippen LogP contribution in [-0.2, 0) is 12.8 Å². The predicted molar refractivity (Wildman–Crippen MR) is 106 cm³/mol. The van der Waals surface area contributed by atoms with Crippen LogP contribution in [0.2, 0.25) is 0 Å². The first-order valence-corrected chi connectivity index (χ1v) is 9.14. The lowest BCUT2D eigenvalue weighted by atomic mass is 9.98. The molecule has 0 bridgehead atoms. The van der Waals surface area contributed by atoms with Crippen LogP contribution in [0.3, 0.4) is 0 Å². The number of hydrogen-bond acceptors (Lipinski definition) is 5. The van der Waals surface area contributed by atoms with E-state index in [0.29, 0.717) is 0 Å². The van der Waals surface area contributed by atoms with E-state index >= 15 is 0 Å². The van der Waals surface area contributed by atoms with Crippen molar-refractivity contribution in [2.24, 2.45) is 0 Å². The molecule has 0 aliphatic rings. The number of hydrogen-bond donors (Lipinski definition) is 3. The minimum Gasteiger partial charge on any atom is -0.391 e. The van der Waals surface area contributed by atoms with Gasteiger partial charge < -0.3 is 15.5 Å². The van der Waals surface area contributed by atoms with E-state index < -0.39 is 18.2 Å². The molecule has 140 valence electrons. The van der Waals surface area contributed by atoms with Crippen LogP contribution in [0.1, 0.15) is 29.7 Å². The quantitative estimate of drug-likeness (QED) is 0.573. The molecule has 27 heavy (non-hydrogen) atoms. The molecule has 0 fully saturated rings. The van der Waals surface area contributed by atoms with Gasteiger partial charge in [0.15, 0.2) is 0 Å². The maximum atomic E-state index is 10.5. The molecule has 0 aliphatic heterocycles. The van der Waals surface area contributed by atoms with Crippen LogP contribution >= 0.6 is 0 Å². The molecule has 0 spiro atoms. The van der Waals surface area contributed by atoms with Crippen LogP contribution in [-0.4, -0.2) is 32.4 Å². The van der Waals surface area contributed by atoms with E-state index in [9.17, 15) is 10.2 Å². The summed E-state index contributed by atoms with van der Waals surface area (Å²) in [6.07, 6.45) is 7.05. The van der Waals surface area contributed by atoms with Crippen LogP contribution in [0.25, 0.3) is 0 Å². The van der Waals surface area contributed by atoms with Gasteiger partial charge in [-0.2, -0.15) is 0 Å². The van der Waals surface area contributed by atoms with Gasteiger partial charge in [-0.3, -0.25) is 9.97 Å². The van der Waals surface area contributed by atoms with Crippen LogP contribution in [0.15, 0.2) is 73.3 Å². The number of benzene rings is 1. The number of aliphatic hydroxyl groups excluding tert-OH is 2. The minimum absolute atomic E-state index is 0.450. The molecule has 3 rings (SSSR count). The summed E-state index contributed by atoms with van der Waals surface area (Å²) in [5.74, 6) is 0. The largest absolute Gasteiger partial charge is 0.391 e. The molecular formula is C22H25N3O2. The smallest absolute Gasteiger partial charge is 0.104 e. The van der Waals surface area contributed by atoms with E-state index in [2.05, 4.69) is 27.4 Å². The summed E-state index contributed by atoms with van der Waals surface area (Å²) in [5, 5.41) is 23.7. The van der Waals surface area contributed by atoms with Crippen molar-refractivity contribution >= 4 is 5.69 Å². The van der Waals surface area contributed by atoms with Crippen molar-refractivity contribution in [2.45, 2.75) is 38.0 Å². The summed E-state index contributed by atoms with van der Waals surface area (Å²) in [6.45, 7) is 1.58. The van der Waals surface area contributed by atoms with Crippen molar-refractivity contribution in [2.75, 3.05) is 5.32 Å². The normalized spacial score (nSPS) is 14.3. The Morgan fingerprint density at radius 2 is 1.67 bits per heavy atom. The van der Waals surface area contributed by atoms with Gasteiger partial charge in [0.2, 0.25) is 0 Å². The first kappa shape index (κ1) is 19.0. The number of nitrogens with one attached hydrogen (secondary N) is 1. The van der Waals surface area contributed by atoms with Crippen molar-refractivity contribution in [1.82, 2.24) is 9.97 Å². The van der Waals surface area contributed by atoms with Crippen LogP contribution < -0.4 is 5.32 Å². The van der Waals surface area contributed by atoms with Crippen LogP contribution in [0.4, 0.5) is 5.69 Å². The Bertz CT molecular complexity index is 825. The molecular weight excluding hydrogens is 338 g/mol. The van der Waals surface area contributed by atoms with Gasteiger partial charge in [0.05, 0.1) is 12.1 Å². The third-order valence-electron chi connectivity index (χ3n) is 4.58. The first-order valence-electron chi connectivity index (χ1n) is 9.14. The minimum atomic E-state index is -0.949. The van der Waals surface area contributed by atoms with Gasteiger partial charge >= 0.3 is 0 Å². The fraction of sp³-hybridized carbons (Fsp3) is 0.273. The molecule has 3 atom stereocenters. The van der Waals surface area contributed by atoms with Crippen molar-refractivity contribution in [3.8, 4) is 0 Å². The molecule has 2 aromatic heterocycles. The highest BCUT2D eigenvalue weighted by molar-refractivity contribution is 5.48. The van der Waals surface area contributed by atoms with Gasteiger partial charge in [-0.1, -0.05) is 18.2 Å². The Morgan fingerprint density at radius 1 is 0.889 bits per heavy atom. The molecule has 2 heterocycles. The Labute approximate surface area is 159 Å². The number of anilines is 1. The SMILES string of the molecule is C[C@H](O)[C@@H](O)[C@H](Nc1cccc(CCc2ccncc2)c1)c1cccnc1. The van der Waals surface area contributed by atoms with E-state index in [0.717, 1.165) is 24.1 Å². The number of rotatable bonds is 8. The zero-order valence-corrected chi connectivity index (χ0v) is 15.4. The number of aliphatic hydroxyl groups is 2. The summed E-state index contributed by atoms with van der Waals surface area (Å²) in [6, 6.07) is 15.5. The van der Waals surface area contributed by atoms with Crippen molar-refractivity contribution in [1.29, 1.82) is 0 Å². The molecule has 0 unspecified atom stereocenters. The van der Waals surface area contributed by atoms with E-state index in [4.69, 9.17) is 0 Å². The first-order chi connectivity index (χ1) is 13.1. The highest BCUT2D eigenvalue weighted by Gasteiger charge is 2.25. The third-order valence-corrected chi connectivity index (χ3v) is 4.58. The Hall–Kier alpha value is -2.76. The van der Waals surface area contributed by atoms with Gasteiger partial charge in [-0.05, 0) is 66.8 Å². The summed E-state index contributed by atoms with van der Waals surface area (Å²) in [5.41, 5.74) is 4.18. The van der Waals surface area contributed by atoms with Gasteiger partial charge in [-0.25, -0.2) is 0 Å². The Balaban J connectivity index is 1.74. The highest BCUT2D eigenvalue weighted by Crippen LogP contribution is 2.25. The van der Waals surface area contributed by atoms with Crippen LogP contribution in [0, 0.1) is 0 Å². The monoisotopic (exact) mass is 363 g/mol. The van der Waals surface area contributed by atoms with Crippen molar-refractivity contribution in [3.05, 3.63) is 90.0 Å². The zero-order chi connectivity index (χ0) is 19.1. The highest BCUT2D eigenvalue weighted by atomic mass is 16.3. The second-order valence-electron chi connectivity index (χ2n) is 6.70. The average molecular weight is 363 g/mol. The molecule has 0 saturated heterocycles. The standard InChI is InChI=1S/C22H25N3O2/c1-16(26)22(27)21(19-5-3-11-24-15-19)25-20-6-2-4-18(14-20)8-7-17-9-12-23-13-10-17/h2-6,9-16,21-22,25-27H,7-8H2,1H3/t16-,21+,22+/m0/s1. The molecule has 0 amide bonds. The molecule has 3 aromatic rings. The van der Waals surface area contributed by atoms with E-state index in [1.807, 2.05) is 48.8 Å². The Kier molecular flexibility index (Phi) is 6.52. The number of pyridine rings is 2. The molecule has 5 heteroatoms. The van der Waals surface area contributed by atoms with Gasteiger partial charge in [0, 0.05) is 30.5 Å². The summed E-state index contributed by atoms with van der Waals surface area (Å²) in [4.78, 5) is 8.18. The van der Waals surface area contributed by atoms with E-state index in [1.165, 1.54) is 11.1 Å². The molecule has 5 nitrogen and oxygen atoms in total. The van der Waals surface area contributed by atoms with Gasteiger partial charge in [0.25, 0.3) is 0 Å². The lowest BCUT2D eigenvalue weighted by molar-refractivity contribution is 0.0189. The zero-order valence-electron chi connectivity index (χ0n) is 15.4. The molecule has 0 aliphatic carbocycles. The fourth-order valence-electron chi connectivity index (χ4n) is 3.04. The maximum Gasteiger partial charge on any atom is 0.104 e. The van der Waals surface area contributed by atoms with Crippen molar-refractivity contribution < 1.29 is 10.2 Å². The fourth-order valence-corrected chi connectivity index (χ4v) is 3.04. The molecule has 3 N–H and O–H groups in total. The summed E-state index contributed by atoms with van der Waals surface area (Å²) < 4.78 is 0. The van der Waals surface area contributed by atoms with E-state index in [1.54, 1.807) is 19.3 Å². The molecule has 0 saturated carbocycles.